The Morgan fingerprint density at radius 2 is 1.45 bits per heavy atom. The molecule has 1 saturated heterocycles. The van der Waals surface area contributed by atoms with Gasteiger partial charge in [-0.2, -0.15) is 0 Å². The van der Waals surface area contributed by atoms with Crippen molar-refractivity contribution in [2.24, 2.45) is 11.8 Å². The highest BCUT2D eigenvalue weighted by Gasteiger charge is 2.44. The van der Waals surface area contributed by atoms with E-state index >= 15 is 4.79 Å². The van der Waals surface area contributed by atoms with Crippen LogP contribution in [0.1, 0.15) is 102 Å². The fourth-order valence-corrected chi connectivity index (χ4v) is 11.3. The largest absolute Gasteiger partial charge is 0.493 e. The van der Waals surface area contributed by atoms with E-state index in [0.29, 0.717) is 67.9 Å². The average Bonchev–Trinajstić information content (AvgIpc) is 3.70. The Balaban J connectivity index is 1.07. The Kier molecular flexibility index (Phi) is 12.5. The van der Waals surface area contributed by atoms with Gasteiger partial charge < -0.3 is 38.4 Å². The van der Waals surface area contributed by atoms with Crippen LogP contribution in [0.3, 0.4) is 0 Å². The van der Waals surface area contributed by atoms with E-state index in [-0.39, 0.29) is 30.5 Å². The average molecular weight is 843 g/mol. The Labute approximate surface area is 366 Å². The molecule has 0 spiro atoms. The highest BCUT2D eigenvalue weighted by Crippen LogP contribution is 2.50. The van der Waals surface area contributed by atoms with Crippen molar-refractivity contribution in [3.05, 3.63) is 118 Å². The number of fused-ring (bicyclic) bond motifs is 7. The number of methoxy groups -OCH3 is 4. The van der Waals surface area contributed by atoms with Crippen LogP contribution in [0.25, 0.3) is 11.1 Å². The van der Waals surface area contributed by atoms with E-state index in [1.165, 1.54) is 44.5 Å². The third-order valence-electron chi connectivity index (χ3n) is 14.5. The maximum Gasteiger partial charge on any atom is 0.289 e. The highest BCUT2D eigenvalue weighted by molar-refractivity contribution is 5.92. The van der Waals surface area contributed by atoms with Crippen molar-refractivity contribution in [2.75, 3.05) is 61.3 Å². The first-order valence-corrected chi connectivity index (χ1v) is 22.7. The quantitative estimate of drug-likeness (QED) is 0.110. The van der Waals surface area contributed by atoms with Gasteiger partial charge in [0.15, 0.2) is 28.8 Å². The molecule has 0 radical (unpaired) electrons. The van der Waals surface area contributed by atoms with Crippen LogP contribution < -0.4 is 18.9 Å². The van der Waals surface area contributed by atoms with Crippen LogP contribution in [0.5, 0.6) is 23.0 Å². The number of nitrogens with zero attached hydrogens (tertiary/aromatic N) is 2. The number of ether oxygens (including phenoxy) is 6. The second-order valence-electron chi connectivity index (χ2n) is 17.7. The number of aliphatic hydroxyl groups is 1. The van der Waals surface area contributed by atoms with Gasteiger partial charge in [0.25, 0.3) is 5.91 Å². The molecule has 1 N–H and O–H groups in total. The minimum Gasteiger partial charge on any atom is -0.493 e. The van der Waals surface area contributed by atoms with Crippen molar-refractivity contribution in [2.45, 2.75) is 89.0 Å². The molecule has 1 fully saturated rings. The summed E-state index contributed by atoms with van der Waals surface area (Å²) in [7, 11) is 6.77. The minimum absolute atomic E-state index is 0.0783. The van der Waals surface area contributed by atoms with Crippen LogP contribution >= 0.6 is 0 Å². The lowest BCUT2D eigenvalue weighted by atomic mass is 9.72. The van der Waals surface area contributed by atoms with Crippen molar-refractivity contribution in [3.8, 4) is 34.1 Å². The van der Waals surface area contributed by atoms with E-state index in [2.05, 4.69) is 89.5 Å². The molecular formula is C52H62N2O8. The van der Waals surface area contributed by atoms with Crippen molar-refractivity contribution in [1.29, 1.82) is 0 Å². The molecule has 0 aromatic heterocycles. The fourth-order valence-electron chi connectivity index (χ4n) is 11.3. The number of allylic oxidation sites excluding steroid dienone is 1. The zero-order chi connectivity index (χ0) is 42.9. The molecule has 0 unspecified atom stereocenters. The second kappa shape index (κ2) is 18.4. The Morgan fingerprint density at radius 1 is 0.758 bits per heavy atom. The van der Waals surface area contributed by atoms with E-state index in [1.807, 2.05) is 0 Å². The molecular weight excluding hydrogens is 781 g/mol. The summed E-state index contributed by atoms with van der Waals surface area (Å²) in [6.07, 6.45) is 8.81. The van der Waals surface area contributed by atoms with Crippen LogP contribution in [0, 0.1) is 11.8 Å². The standard InChI is InChI=1S/C52H62N2O8/c1-6-32-31-53-18-16-34-25-46(57-2)48(59-4)29-41(34)44(53)23-36(32)24-45-42-30-49(60-5)47(58-3)26-35(42)17-19-54(45)52(56)50-27-37(28-51(62-50)61-21-10-9-20-55)39-14-11-15-40-38-13-8-7-12-33(38)22-43(39)40/h7-8,11-15,25-27,29-30,32,36-37,44-45,51,55H,6,9-10,16-24,28,31H2,1-5H3/t32-,36+,37-,44-,45+,51+/m0/s1. The van der Waals surface area contributed by atoms with Crippen molar-refractivity contribution < 1.29 is 38.3 Å². The van der Waals surface area contributed by atoms with Gasteiger partial charge in [0, 0.05) is 44.6 Å². The lowest BCUT2D eigenvalue weighted by Crippen LogP contribution is -2.48. The Hall–Kier alpha value is -5.03. The lowest BCUT2D eigenvalue weighted by molar-refractivity contribution is -0.155. The molecule has 0 saturated carbocycles. The molecule has 0 bridgehead atoms. The first-order chi connectivity index (χ1) is 30.4. The number of carbonyl (C=O) groups is 1. The number of carbonyl (C=O) groups excluding carboxylic acids is 1. The van der Waals surface area contributed by atoms with Crippen molar-refractivity contribution in [1.82, 2.24) is 9.80 Å². The van der Waals surface area contributed by atoms with Crippen LogP contribution in [0.2, 0.25) is 0 Å². The maximum atomic E-state index is 15.4. The van der Waals surface area contributed by atoms with E-state index in [1.54, 1.807) is 28.4 Å². The third-order valence-corrected chi connectivity index (χ3v) is 14.5. The summed E-state index contributed by atoms with van der Waals surface area (Å²) in [4.78, 5) is 20.2. The van der Waals surface area contributed by atoms with Gasteiger partial charge in [-0.3, -0.25) is 9.69 Å². The van der Waals surface area contributed by atoms with Gasteiger partial charge in [0.05, 0.1) is 41.1 Å². The maximum absolute atomic E-state index is 15.4. The SMILES string of the molecule is CC[C@H]1CN2CCc3cc(OC)c(OC)cc3[C@@H]2C[C@@H]1C[C@@H]1c2cc(OC)c(OC)cc2CCN1C(=O)C1=C[C@H](c2cccc3c2Cc2ccccc2-3)C[C@H](OCCCCO)O1. The number of aliphatic hydroxyl groups excluding tert-OH is 1. The zero-order valence-electron chi connectivity index (χ0n) is 37.0. The highest BCUT2D eigenvalue weighted by atomic mass is 16.7. The van der Waals surface area contributed by atoms with Crippen LogP contribution in [0.15, 0.2) is 78.6 Å². The molecule has 4 aromatic rings. The predicted molar refractivity (Wildman–Crippen MR) is 239 cm³/mol. The van der Waals surface area contributed by atoms with Crippen LogP contribution in [-0.2, 0) is 33.5 Å². The minimum atomic E-state index is -0.599. The molecule has 10 nitrogen and oxygen atoms in total. The molecule has 328 valence electrons. The fraction of sp³-hybridized carbons (Fsp3) is 0.481. The zero-order valence-corrected chi connectivity index (χ0v) is 37.0. The lowest BCUT2D eigenvalue weighted by Gasteiger charge is -2.49. The summed E-state index contributed by atoms with van der Waals surface area (Å²) in [5.41, 5.74) is 11.3. The van der Waals surface area contributed by atoms with Gasteiger partial charge in [-0.15, -0.1) is 0 Å². The second-order valence-corrected chi connectivity index (χ2v) is 17.7. The number of amides is 1. The molecule has 9 rings (SSSR count). The Bertz CT molecular complexity index is 2310. The summed E-state index contributed by atoms with van der Waals surface area (Å²) < 4.78 is 36.3. The topological polar surface area (TPSA) is 99.2 Å². The molecule has 1 aliphatic carbocycles. The van der Waals surface area contributed by atoms with Gasteiger partial charge >= 0.3 is 0 Å². The normalized spacial score (nSPS) is 23.8. The molecule has 6 atom stereocenters. The van der Waals surface area contributed by atoms with Gasteiger partial charge in [-0.25, -0.2) is 0 Å². The number of piperidine rings is 1. The monoisotopic (exact) mass is 842 g/mol. The van der Waals surface area contributed by atoms with Crippen LogP contribution in [-0.4, -0.2) is 88.4 Å². The Morgan fingerprint density at radius 3 is 2.19 bits per heavy atom. The molecule has 4 aliphatic heterocycles. The summed E-state index contributed by atoms with van der Waals surface area (Å²) in [6, 6.07) is 23.8. The summed E-state index contributed by atoms with van der Waals surface area (Å²) in [6.45, 7) is 5.44. The van der Waals surface area contributed by atoms with Gasteiger partial charge in [-0.05, 0) is 137 Å². The van der Waals surface area contributed by atoms with Gasteiger partial charge in [0.2, 0.25) is 6.29 Å². The van der Waals surface area contributed by atoms with E-state index in [0.717, 1.165) is 62.3 Å². The number of benzene rings is 4. The smallest absolute Gasteiger partial charge is 0.289 e. The molecule has 4 aromatic carbocycles. The predicted octanol–water partition coefficient (Wildman–Crippen LogP) is 8.96. The number of hydrogen-bond acceptors (Lipinski definition) is 9. The van der Waals surface area contributed by atoms with Crippen molar-refractivity contribution >= 4 is 5.91 Å². The summed E-state index contributed by atoms with van der Waals surface area (Å²) in [5, 5.41) is 9.49. The first kappa shape index (κ1) is 42.3. The van der Waals surface area contributed by atoms with Crippen molar-refractivity contribution in [3.63, 3.8) is 0 Å². The first-order valence-electron chi connectivity index (χ1n) is 22.7. The number of unbranched alkanes of at least 4 members (excludes halogenated alkanes) is 1. The third kappa shape index (κ3) is 7.94. The molecule has 10 heteroatoms. The number of hydrogen-bond donors (Lipinski definition) is 1. The molecule has 5 aliphatic rings. The number of rotatable bonds is 14. The molecule has 1 amide bonds. The van der Waals surface area contributed by atoms with E-state index < -0.39 is 6.29 Å². The van der Waals surface area contributed by atoms with Gasteiger partial charge in [-0.1, -0.05) is 55.8 Å². The summed E-state index contributed by atoms with van der Waals surface area (Å²) >= 11 is 0. The molecule has 4 heterocycles. The molecule has 62 heavy (non-hydrogen) atoms. The van der Waals surface area contributed by atoms with Crippen LogP contribution in [0.4, 0.5) is 0 Å². The summed E-state index contributed by atoms with van der Waals surface area (Å²) in [5.74, 6) is 3.87. The van der Waals surface area contributed by atoms with E-state index in [4.69, 9.17) is 28.4 Å². The van der Waals surface area contributed by atoms with Gasteiger partial charge in [0.1, 0.15) is 0 Å². The van der Waals surface area contributed by atoms with E-state index in [9.17, 15) is 5.11 Å².